The van der Waals surface area contributed by atoms with Gasteiger partial charge in [0.2, 0.25) is 0 Å². The maximum Gasteiger partial charge on any atom is 0.316 e. The Morgan fingerprint density at radius 1 is 1.32 bits per heavy atom. The highest BCUT2D eigenvalue weighted by molar-refractivity contribution is 9.10. The van der Waals surface area contributed by atoms with Crippen LogP contribution in [0.15, 0.2) is 27.6 Å². The van der Waals surface area contributed by atoms with E-state index in [1.54, 1.807) is 0 Å². The molecule has 0 fully saturated rings. The van der Waals surface area contributed by atoms with E-state index in [0.29, 0.717) is 0 Å². The van der Waals surface area contributed by atoms with E-state index in [0.717, 1.165) is 27.8 Å². The molecule has 0 unspecified atom stereocenters. The van der Waals surface area contributed by atoms with Gasteiger partial charge in [-0.2, -0.15) is 0 Å². The third-order valence-electron chi connectivity index (χ3n) is 3.20. The van der Waals surface area contributed by atoms with Crippen molar-refractivity contribution < 1.29 is 14.3 Å². The van der Waals surface area contributed by atoms with Crippen molar-refractivity contribution in [3.8, 4) is 0 Å². The number of halogens is 1. The molecule has 0 spiro atoms. The van der Waals surface area contributed by atoms with E-state index >= 15 is 0 Å². The van der Waals surface area contributed by atoms with Crippen LogP contribution in [0.5, 0.6) is 0 Å². The van der Waals surface area contributed by atoms with Gasteiger partial charge in [0.25, 0.3) is 5.91 Å². The molecule has 0 saturated heterocycles. The summed E-state index contributed by atoms with van der Waals surface area (Å²) in [6.07, 6.45) is 1.74. The molecule has 22 heavy (non-hydrogen) atoms. The van der Waals surface area contributed by atoms with Crippen LogP contribution in [0.2, 0.25) is 0 Å². The lowest BCUT2D eigenvalue weighted by Crippen LogP contribution is -2.37. The second-order valence-corrected chi connectivity index (χ2v) is 6.87. The van der Waals surface area contributed by atoms with Crippen molar-refractivity contribution >= 4 is 39.6 Å². The Bertz CT molecular complexity index is 518. The van der Waals surface area contributed by atoms with Crippen LogP contribution in [0.4, 0.5) is 0 Å². The van der Waals surface area contributed by atoms with Crippen molar-refractivity contribution in [3.63, 3.8) is 0 Å². The van der Waals surface area contributed by atoms with Gasteiger partial charge in [-0.3, -0.25) is 9.59 Å². The van der Waals surface area contributed by atoms with Gasteiger partial charge in [0.15, 0.2) is 6.61 Å². The number of ether oxygens (including phenoxy) is 1. The molecule has 122 valence electrons. The van der Waals surface area contributed by atoms with Crippen LogP contribution in [0.25, 0.3) is 0 Å². The summed E-state index contributed by atoms with van der Waals surface area (Å²) >= 11 is 4.81. The van der Waals surface area contributed by atoms with Gasteiger partial charge in [-0.15, -0.1) is 11.8 Å². The van der Waals surface area contributed by atoms with E-state index in [9.17, 15) is 9.59 Å². The van der Waals surface area contributed by atoms with Crippen LogP contribution < -0.4 is 5.32 Å². The first kappa shape index (κ1) is 19.0. The summed E-state index contributed by atoms with van der Waals surface area (Å²) in [5.41, 5.74) is 1.10. The predicted octanol–water partition coefficient (Wildman–Crippen LogP) is 3.70. The molecule has 0 saturated carbocycles. The molecule has 0 aliphatic heterocycles. The monoisotopic (exact) mass is 387 g/mol. The predicted molar refractivity (Wildman–Crippen MR) is 93.1 cm³/mol. The summed E-state index contributed by atoms with van der Waals surface area (Å²) in [4.78, 5) is 24.4. The Kier molecular flexibility index (Phi) is 8.56. The largest absolute Gasteiger partial charge is 0.455 e. The Labute approximate surface area is 144 Å². The summed E-state index contributed by atoms with van der Waals surface area (Å²) in [5, 5.41) is 2.83. The van der Waals surface area contributed by atoms with Crippen LogP contribution in [-0.2, 0) is 14.3 Å². The second-order valence-electron chi connectivity index (χ2n) is 4.94. The first-order valence-corrected chi connectivity index (χ1v) is 9.08. The van der Waals surface area contributed by atoms with E-state index in [-0.39, 0.29) is 30.3 Å². The molecule has 0 aliphatic carbocycles. The summed E-state index contributed by atoms with van der Waals surface area (Å²) in [7, 11) is 0. The summed E-state index contributed by atoms with van der Waals surface area (Å²) < 4.78 is 6.01. The van der Waals surface area contributed by atoms with E-state index in [1.165, 1.54) is 11.8 Å². The molecule has 1 aromatic carbocycles. The van der Waals surface area contributed by atoms with Gasteiger partial charge in [0, 0.05) is 15.4 Å². The van der Waals surface area contributed by atoms with Gasteiger partial charge < -0.3 is 10.1 Å². The molecular weight excluding hydrogens is 366 g/mol. The lowest BCUT2D eigenvalue weighted by molar-refractivity contribution is -0.146. The van der Waals surface area contributed by atoms with Gasteiger partial charge in [-0.05, 0) is 43.5 Å². The number of rotatable bonds is 8. The first-order valence-electron chi connectivity index (χ1n) is 7.30. The summed E-state index contributed by atoms with van der Waals surface area (Å²) in [5.74, 6) is -0.431. The topological polar surface area (TPSA) is 55.4 Å². The molecular formula is C16H22BrNO3S. The zero-order chi connectivity index (χ0) is 16.5. The fraction of sp³-hybridized carbons (Fsp3) is 0.500. The van der Waals surface area contributed by atoms with Crippen molar-refractivity contribution in [2.45, 2.75) is 44.6 Å². The zero-order valence-electron chi connectivity index (χ0n) is 13.1. The number of carbonyl (C=O) groups excluding carboxylic acids is 2. The Hall–Kier alpha value is -1.01. The molecule has 0 aliphatic rings. The van der Waals surface area contributed by atoms with Gasteiger partial charge in [-0.25, -0.2) is 0 Å². The minimum atomic E-state index is -0.382. The number of aryl methyl sites for hydroxylation is 1. The minimum absolute atomic E-state index is 0.144. The molecule has 0 heterocycles. The van der Waals surface area contributed by atoms with Gasteiger partial charge >= 0.3 is 5.97 Å². The summed E-state index contributed by atoms with van der Waals surface area (Å²) in [6, 6.07) is 6.03. The molecule has 4 nitrogen and oxygen atoms in total. The molecule has 1 aromatic rings. The fourth-order valence-corrected chi connectivity index (χ4v) is 3.14. The van der Waals surface area contributed by atoms with E-state index in [4.69, 9.17) is 4.74 Å². The highest BCUT2D eigenvalue weighted by Crippen LogP contribution is 2.25. The van der Waals surface area contributed by atoms with E-state index in [2.05, 4.69) is 21.2 Å². The average molecular weight is 388 g/mol. The third-order valence-corrected chi connectivity index (χ3v) is 4.84. The fourth-order valence-electron chi connectivity index (χ4n) is 1.86. The van der Waals surface area contributed by atoms with Gasteiger partial charge in [-0.1, -0.05) is 29.8 Å². The Morgan fingerprint density at radius 2 is 2.00 bits per heavy atom. The van der Waals surface area contributed by atoms with Crippen molar-refractivity contribution in [2.24, 2.45) is 0 Å². The maximum atomic E-state index is 11.7. The molecule has 6 heteroatoms. The van der Waals surface area contributed by atoms with Gasteiger partial charge in [0.05, 0.1) is 5.75 Å². The SMILES string of the molecule is CCC(CC)NC(=O)COC(=O)CSc1ccc(Br)cc1C. The molecule has 1 rings (SSSR count). The van der Waals surface area contributed by atoms with Crippen LogP contribution in [0.3, 0.4) is 0 Å². The molecule has 1 amide bonds. The second kappa shape index (κ2) is 9.90. The lowest BCUT2D eigenvalue weighted by Gasteiger charge is -2.14. The number of hydrogen-bond acceptors (Lipinski definition) is 4. The van der Waals surface area contributed by atoms with E-state index in [1.807, 2.05) is 39.0 Å². The minimum Gasteiger partial charge on any atom is -0.455 e. The zero-order valence-corrected chi connectivity index (χ0v) is 15.6. The first-order chi connectivity index (χ1) is 10.5. The van der Waals surface area contributed by atoms with Crippen LogP contribution in [-0.4, -0.2) is 30.3 Å². The molecule has 1 N–H and O–H groups in total. The number of carbonyl (C=O) groups is 2. The number of esters is 1. The number of hydrogen-bond donors (Lipinski definition) is 1. The number of benzene rings is 1. The van der Waals surface area contributed by atoms with Crippen LogP contribution >= 0.6 is 27.7 Å². The smallest absolute Gasteiger partial charge is 0.316 e. The standard InChI is InChI=1S/C16H22BrNO3S/c1-4-13(5-2)18-15(19)9-21-16(20)10-22-14-7-6-12(17)8-11(14)3/h6-8,13H,4-5,9-10H2,1-3H3,(H,18,19). The molecule has 0 radical (unpaired) electrons. The molecule has 0 bridgehead atoms. The van der Waals surface area contributed by atoms with Crippen molar-refractivity contribution in [1.29, 1.82) is 0 Å². The highest BCUT2D eigenvalue weighted by atomic mass is 79.9. The van der Waals surface area contributed by atoms with E-state index < -0.39 is 0 Å². The number of nitrogens with one attached hydrogen (secondary N) is 1. The third kappa shape index (κ3) is 6.83. The Balaban J connectivity index is 2.33. The number of amides is 1. The van der Waals surface area contributed by atoms with Gasteiger partial charge in [0.1, 0.15) is 0 Å². The average Bonchev–Trinajstić information content (AvgIpc) is 2.49. The lowest BCUT2D eigenvalue weighted by atomic mass is 10.2. The number of thioether (sulfide) groups is 1. The normalized spacial score (nSPS) is 10.6. The van der Waals surface area contributed by atoms with Crippen LogP contribution in [0, 0.1) is 6.92 Å². The Morgan fingerprint density at radius 3 is 2.59 bits per heavy atom. The van der Waals surface area contributed by atoms with Crippen LogP contribution in [0.1, 0.15) is 32.3 Å². The highest BCUT2D eigenvalue weighted by Gasteiger charge is 2.12. The van der Waals surface area contributed by atoms with Crippen molar-refractivity contribution in [2.75, 3.05) is 12.4 Å². The summed E-state index contributed by atoms with van der Waals surface area (Å²) in [6.45, 7) is 5.80. The van der Waals surface area contributed by atoms with Crippen molar-refractivity contribution in [3.05, 3.63) is 28.2 Å². The van der Waals surface area contributed by atoms with Crippen molar-refractivity contribution in [1.82, 2.24) is 5.32 Å². The molecule has 0 atom stereocenters. The maximum absolute atomic E-state index is 11.7. The molecule has 0 aromatic heterocycles. The quantitative estimate of drug-likeness (QED) is 0.545.